The quantitative estimate of drug-likeness (QED) is 0.760. The lowest BCUT2D eigenvalue weighted by molar-refractivity contribution is 0.0277. The fourth-order valence-corrected chi connectivity index (χ4v) is 3.07. The van der Waals surface area contributed by atoms with E-state index >= 15 is 0 Å². The van der Waals surface area contributed by atoms with Crippen LogP contribution in [-0.4, -0.2) is 35.8 Å². The molecule has 1 aliphatic rings. The number of para-hydroxylation sites is 1. The number of hydrogen-bond donors (Lipinski definition) is 2. The summed E-state index contributed by atoms with van der Waals surface area (Å²) in [7, 11) is 0. The van der Waals surface area contributed by atoms with Gasteiger partial charge in [0.1, 0.15) is 5.69 Å². The third-order valence-electron chi connectivity index (χ3n) is 4.40. The molecule has 0 spiro atoms. The van der Waals surface area contributed by atoms with Gasteiger partial charge in [0.2, 0.25) is 0 Å². The predicted octanol–water partition coefficient (Wildman–Crippen LogP) is 3.05. The van der Waals surface area contributed by atoms with E-state index in [2.05, 4.69) is 15.5 Å². The third-order valence-corrected chi connectivity index (χ3v) is 4.40. The van der Waals surface area contributed by atoms with E-state index in [4.69, 9.17) is 4.74 Å². The van der Waals surface area contributed by atoms with E-state index in [1.807, 2.05) is 54.6 Å². The molecule has 26 heavy (non-hydrogen) atoms. The molecule has 1 aromatic heterocycles. The van der Waals surface area contributed by atoms with Crippen molar-refractivity contribution in [1.29, 1.82) is 0 Å². The van der Waals surface area contributed by atoms with Crippen LogP contribution in [0.5, 0.6) is 0 Å². The molecule has 2 heterocycles. The van der Waals surface area contributed by atoms with Crippen LogP contribution in [0.1, 0.15) is 22.2 Å². The summed E-state index contributed by atoms with van der Waals surface area (Å²) in [5.41, 5.74) is 3.14. The number of nitrogens with zero attached hydrogens (tertiary/aromatic N) is 2. The summed E-state index contributed by atoms with van der Waals surface area (Å²) in [6, 6.07) is 19.2. The van der Waals surface area contributed by atoms with Gasteiger partial charge in [0.15, 0.2) is 0 Å². The summed E-state index contributed by atoms with van der Waals surface area (Å²) in [6.07, 6.45) is 1.62. The number of H-pyrrole nitrogens is 1. The van der Waals surface area contributed by atoms with Crippen molar-refractivity contribution in [3.63, 3.8) is 0 Å². The second-order valence-electron chi connectivity index (χ2n) is 6.10. The van der Waals surface area contributed by atoms with Gasteiger partial charge in [-0.25, -0.2) is 0 Å². The van der Waals surface area contributed by atoms with Crippen LogP contribution in [0.2, 0.25) is 0 Å². The summed E-state index contributed by atoms with van der Waals surface area (Å²) in [5.74, 6) is -0.156. The van der Waals surface area contributed by atoms with Gasteiger partial charge in [-0.3, -0.25) is 14.8 Å². The van der Waals surface area contributed by atoms with Crippen LogP contribution in [0.4, 0.5) is 11.4 Å². The van der Waals surface area contributed by atoms with Gasteiger partial charge in [-0.05, 0) is 35.9 Å². The van der Waals surface area contributed by atoms with Crippen molar-refractivity contribution < 1.29 is 9.53 Å². The standard InChI is InChI=1S/C20H20N4O2/c25-20(18-10-11-22-23-18)24(16-4-2-1-3-5-16)17-8-6-15(7-9-17)19-14-21-12-13-26-19/h1-11,19,21H,12-14H2,(H,22,23)/t19-/m1/s1. The lowest BCUT2D eigenvalue weighted by atomic mass is 10.1. The fraction of sp³-hybridized carbons (Fsp3) is 0.200. The molecule has 0 radical (unpaired) electrons. The Kier molecular flexibility index (Phi) is 4.77. The lowest BCUT2D eigenvalue weighted by Crippen LogP contribution is -2.33. The minimum absolute atomic E-state index is 0.0475. The Hall–Kier alpha value is -2.96. The number of aromatic nitrogens is 2. The van der Waals surface area contributed by atoms with Crippen LogP contribution < -0.4 is 10.2 Å². The van der Waals surface area contributed by atoms with E-state index in [1.54, 1.807) is 17.2 Å². The Balaban J connectivity index is 1.66. The lowest BCUT2D eigenvalue weighted by Gasteiger charge is -2.26. The zero-order valence-corrected chi connectivity index (χ0v) is 14.3. The molecule has 3 aromatic rings. The minimum atomic E-state index is -0.156. The molecule has 1 fully saturated rings. The van der Waals surface area contributed by atoms with E-state index < -0.39 is 0 Å². The Labute approximate surface area is 151 Å². The molecule has 6 nitrogen and oxygen atoms in total. The number of anilines is 2. The molecule has 1 aliphatic heterocycles. The molecule has 1 atom stereocenters. The van der Waals surface area contributed by atoms with Gasteiger partial charge in [-0.15, -0.1) is 0 Å². The van der Waals surface area contributed by atoms with Gasteiger partial charge in [0.25, 0.3) is 5.91 Å². The molecule has 2 aromatic carbocycles. The number of carbonyl (C=O) groups is 1. The van der Waals surface area contributed by atoms with Crippen molar-refractivity contribution in [2.75, 3.05) is 24.6 Å². The van der Waals surface area contributed by atoms with Gasteiger partial charge in [0, 0.05) is 30.7 Å². The van der Waals surface area contributed by atoms with Crippen LogP contribution in [0, 0.1) is 0 Å². The number of amides is 1. The highest BCUT2D eigenvalue weighted by molar-refractivity contribution is 6.09. The van der Waals surface area contributed by atoms with Crippen molar-refractivity contribution in [2.24, 2.45) is 0 Å². The average Bonchev–Trinajstić information content (AvgIpc) is 3.25. The van der Waals surface area contributed by atoms with Gasteiger partial charge >= 0.3 is 0 Å². The van der Waals surface area contributed by atoms with Crippen molar-refractivity contribution in [1.82, 2.24) is 15.5 Å². The molecule has 132 valence electrons. The Morgan fingerprint density at radius 3 is 2.46 bits per heavy atom. The molecule has 1 amide bonds. The smallest absolute Gasteiger partial charge is 0.280 e. The zero-order chi connectivity index (χ0) is 17.8. The molecular weight excluding hydrogens is 328 g/mol. The highest BCUT2D eigenvalue weighted by Gasteiger charge is 2.22. The molecule has 0 bridgehead atoms. The van der Waals surface area contributed by atoms with Gasteiger partial charge in [-0.1, -0.05) is 30.3 Å². The van der Waals surface area contributed by atoms with Gasteiger partial charge in [-0.2, -0.15) is 5.10 Å². The molecule has 0 unspecified atom stereocenters. The predicted molar refractivity (Wildman–Crippen MR) is 99.5 cm³/mol. The van der Waals surface area contributed by atoms with Crippen molar-refractivity contribution >= 4 is 17.3 Å². The number of nitrogens with one attached hydrogen (secondary N) is 2. The Morgan fingerprint density at radius 2 is 1.81 bits per heavy atom. The van der Waals surface area contributed by atoms with Gasteiger partial charge < -0.3 is 10.1 Å². The third kappa shape index (κ3) is 3.37. The number of benzene rings is 2. The number of aromatic amines is 1. The average molecular weight is 348 g/mol. The number of hydrogen-bond acceptors (Lipinski definition) is 4. The first kappa shape index (κ1) is 16.5. The molecule has 4 rings (SSSR count). The number of rotatable bonds is 4. The molecular formula is C20H20N4O2. The van der Waals surface area contributed by atoms with Gasteiger partial charge in [0.05, 0.1) is 12.7 Å². The second kappa shape index (κ2) is 7.51. The van der Waals surface area contributed by atoms with Crippen LogP contribution in [0.15, 0.2) is 66.9 Å². The van der Waals surface area contributed by atoms with Crippen LogP contribution in [0.25, 0.3) is 0 Å². The number of ether oxygens (including phenoxy) is 1. The topological polar surface area (TPSA) is 70.2 Å². The maximum absolute atomic E-state index is 13.0. The summed E-state index contributed by atoms with van der Waals surface area (Å²) in [5, 5.41) is 9.98. The molecule has 6 heteroatoms. The molecule has 0 aliphatic carbocycles. The summed E-state index contributed by atoms with van der Waals surface area (Å²) >= 11 is 0. The maximum Gasteiger partial charge on any atom is 0.280 e. The number of carbonyl (C=O) groups excluding carboxylic acids is 1. The van der Waals surface area contributed by atoms with Crippen LogP contribution in [-0.2, 0) is 4.74 Å². The highest BCUT2D eigenvalue weighted by atomic mass is 16.5. The SMILES string of the molecule is O=C(c1ccn[nH]1)N(c1ccccc1)c1ccc([C@H]2CNCCO2)cc1. The Morgan fingerprint density at radius 1 is 1.04 bits per heavy atom. The van der Waals surface area contributed by atoms with Crippen molar-refractivity contribution in [3.05, 3.63) is 78.1 Å². The summed E-state index contributed by atoms with van der Waals surface area (Å²) in [6.45, 7) is 2.39. The largest absolute Gasteiger partial charge is 0.371 e. The zero-order valence-electron chi connectivity index (χ0n) is 14.3. The van der Waals surface area contributed by atoms with Crippen molar-refractivity contribution in [3.8, 4) is 0 Å². The van der Waals surface area contributed by atoms with E-state index in [-0.39, 0.29) is 12.0 Å². The molecule has 0 saturated carbocycles. The first-order valence-electron chi connectivity index (χ1n) is 8.64. The summed E-state index contributed by atoms with van der Waals surface area (Å²) in [4.78, 5) is 14.7. The minimum Gasteiger partial charge on any atom is -0.371 e. The normalized spacial score (nSPS) is 17.0. The molecule has 1 saturated heterocycles. The monoisotopic (exact) mass is 348 g/mol. The molecule has 2 N–H and O–H groups in total. The highest BCUT2D eigenvalue weighted by Crippen LogP contribution is 2.29. The second-order valence-corrected chi connectivity index (χ2v) is 6.10. The van der Waals surface area contributed by atoms with Crippen LogP contribution in [0.3, 0.4) is 0 Å². The maximum atomic E-state index is 13.0. The van der Waals surface area contributed by atoms with E-state index in [9.17, 15) is 4.79 Å². The summed E-state index contributed by atoms with van der Waals surface area (Å²) < 4.78 is 5.80. The van der Waals surface area contributed by atoms with E-state index in [0.717, 1.165) is 30.0 Å². The number of morpholine rings is 1. The van der Waals surface area contributed by atoms with E-state index in [1.165, 1.54) is 0 Å². The fourth-order valence-electron chi connectivity index (χ4n) is 3.07. The first-order valence-corrected chi connectivity index (χ1v) is 8.64. The first-order chi connectivity index (χ1) is 12.8. The van der Waals surface area contributed by atoms with Crippen molar-refractivity contribution in [2.45, 2.75) is 6.10 Å². The Bertz CT molecular complexity index is 841. The van der Waals surface area contributed by atoms with E-state index in [0.29, 0.717) is 12.3 Å². The van der Waals surface area contributed by atoms with Crippen LogP contribution >= 0.6 is 0 Å².